The predicted octanol–water partition coefficient (Wildman–Crippen LogP) is 1.73. The second-order valence-electron chi connectivity index (χ2n) is 5.19. The summed E-state index contributed by atoms with van der Waals surface area (Å²) in [7, 11) is 0. The zero-order chi connectivity index (χ0) is 11.2. The highest BCUT2D eigenvalue weighted by Crippen LogP contribution is 2.39. The molecule has 1 fully saturated rings. The van der Waals surface area contributed by atoms with E-state index in [9.17, 15) is 4.79 Å². The number of fused-ring (bicyclic) bond motifs is 1. The topological polar surface area (TPSA) is 46.9 Å². The van der Waals surface area contributed by atoms with Crippen LogP contribution in [0.15, 0.2) is 6.07 Å². The van der Waals surface area contributed by atoms with E-state index in [-0.39, 0.29) is 28.3 Å². The molecule has 1 N–H and O–H groups in total. The van der Waals surface area contributed by atoms with Crippen molar-refractivity contribution in [1.29, 1.82) is 0 Å². The highest BCUT2D eigenvalue weighted by Gasteiger charge is 2.40. The number of nitrogens with zero attached hydrogens (tertiary/aromatic N) is 2. The van der Waals surface area contributed by atoms with Gasteiger partial charge in [0.25, 0.3) is 0 Å². The van der Waals surface area contributed by atoms with Crippen molar-refractivity contribution in [2.45, 2.75) is 32.6 Å². The maximum absolute atomic E-state index is 12.1. The summed E-state index contributed by atoms with van der Waals surface area (Å²) in [5.41, 5.74) is 2.27. The van der Waals surface area contributed by atoms with E-state index >= 15 is 0 Å². The van der Waals surface area contributed by atoms with Crippen molar-refractivity contribution in [3.05, 3.63) is 17.5 Å². The first-order valence-electron chi connectivity index (χ1n) is 5.98. The van der Waals surface area contributed by atoms with Gasteiger partial charge in [0.2, 0.25) is 5.91 Å². The second-order valence-corrected chi connectivity index (χ2v) is 5.19. The van der Waals surface area contributed by atoms with E-state index in [0.717, 1.165) is 43.7 Å². The maximum atomic E-state index is 12.1. The van der Waals surface area contributed by atoms with Crippen LogP contribution in [0.5, 0.6) is 0 Å². The Kier molecular flexibility index (Phi) is 3.41. The van der Waals surface area contributed by atoms with Gasteiger partial charge in [-0.25, -0.2) is 4.68 Å². The molecule has 0 unspecified atom stereocenters. The van der Waals surface area contributed by atoms with Crippen LogP contribution in [0.3, 0.4) is 0 Å². The first kappa shape index (κ1) is 12.8. The van der Waals surface area contributed by atoms with Gasteiger partial charge in [-0.15, -0.1) is 17.0 Å². The Morgan fingerprint density at radius 2 is 2.06 bits per heavy atom. The minimum Gasteiger partial charge on any atom is -0.317 e. The number of nitrogens with one attached hydrogen (secondary N) is 1. The molecule has 2 aliphatic heterocycles. The summed E-state index contributed by atoms with van der Waals surface area (Å²) in [6.07, 6.45) is 3.91. The molecule has 1 aromatic heterocycles. The lowest BCUT2D eigenvalue weighted by Gasteiger charge is -2.39. The van der Waals surface area contributed by atoms with Crippen molar-refractivity contribution in [3.63, 3.8) is 0 Å². The molecule has 1 aromatic rings. The fourth-order valence-corrected chi connectivity index (χ4v) is 3.05. The van der Waals surface area contributed by atoms with Crippen LogP contribution in [0.2, 0.25) is 0 Å². The van der Waals surface area contributed by atoms with Gasteiger partial charge in [0, 0.05) is 12.1 Å². The maximum Gasteiger partial charge on any atom is 0.247 e. The summed E-state index contributed by atoms with van der Waals surface area (Å²) in [6, 6.07) is 2.06. The lowest BCUT2D eigenvalue weighted by Crippen LogP contribution is -2.43. The van der Waals surface area contributed by atoms with Crippen molar-refractivity contribution in [2.24, 2.45) is 5.41 Å². The van der Waals surface area contributed by atoms with Crippen LogP contribution in [-0.4, -0.2) is 28.8 Å². The smallest absolute Gasteiger partial charge is 0.247 e. The second kappa shape index (κ2) is 4.53. The number of rotatable bonds is 0. The van der Waals surface area contributed by atoms with Gasteiger partial charge < -0.3 is 5.32 Å². The number of hydrogen-bond acceptors (Lipinski definition) is 3. The third-order valence-corrected chi connectivity index (χ3v) is 3.89. The predicted molar refractivity (Wildman–Crippen MR) is 70.8 cm³/mol. The standard InChI is InChI=1S/C12H17N3O.BrH/c1-9-6-10-7-12(2-4-13-5-3-12)8-11(16)15(10)14-9;/h6,13H,2-5,7-8H2,1H3;1H. The molecule has 0 aromatic carbocycles. The molecule has 0 aliphatic carbocycles. The molecule has 0 bridgehead atoms. The zero-order valence-electron chi connectivity index (χ0n) is 10.0. The van der Waals surface area contributed by atoms with Crippen LogP contribution < -0.4 is 5.32 Å². The van der Waals surface area contributed by atoms with E-state index in [1.807, 2.05) is 6.92 Å². The van der Waals surface area contributed by atoms with Crippen molar-refractivity contribution in [2.75, 3.05) is 13.1 Å². The SMILES string of the molecule is Br.Cc1cc2n(n1)C(=O)CC1(CCNCC1)C2. The van der Waals surface area contributed by atoms with Crippen LogP contribution in [0, 0.1) is 12.3 Å². The molecular weight excluding hydrogens is 282 g/mol. The fourth-order valence-electron chi connectivity index (χ4n) is 3.05. The molecule has 94 valence electrons. The molecule has 0 radical (unpaired) electrons. The highest BCUT2D eigenvalue weighted by molar-refractivity contribution is 8.93. The number of carbonyl (C=O) groups excluding carboxylic acids is 1. The first-order valence-corrected chi connectivity index (χ1v) is 5.98. The van der Waals surface area contributed by atoms with Crippen LogP contribution in [0.25, 0.3) is 0 Å². The van der Waals surface area contributed by atoms with Crippen LogP contribution in [-0.2, 0) is 6.42 Å². The van der Waals surface area contributed by atoms with Gasteiger partial charge in [-0.3, -0.25) is 4.79 Å². The molecule has 17 heavy (non-hydrogen) atoms. The number of aromatic nitrogens is 2. The number of hydrogen-bond donors (Lipinski definition) is 1. The van der Waals surface area contributed by atoms with Gasteiger partial charge in [-0.05, 0) is 50.8 Å². The average Bonchev–Trinajstić information content (AvgIpc) is 2.60. The average molecular weight is 300 g/mol. The molecule has 5 heteroatoms. The summed E-state index contributed by atoms with van der Waals surface area (Å²) in [5.74, 6) is 0.177. The third-order valence-electron chi connectivity index (χ3n) is 3.89. The zero-order valence-corrected chi connectivity index (χ0v) is 11.7. The molecule has 2 aliphatic rings. The number of aryl methyl sites for hydroxylation is 1. The lowest BCUT2D eigenvalue weighted by molar-refractivity contribution is 0.0700. The third kappa shape index (κ3) is 2.18. The summed E-state index contributed by atoms with van der Waals surface area (Å²) in [4.78, 5) is 12.1. The monoisotopic (exact) mass is 299 g/mol. The molecule has 3 heterocycles. The van der Waals surface area contributed by atoms with E-state index < -0.39 is 0 Å². The summed E-state index contributed by atoms with van der Waals surface area (Å²) < 4.78 is 1.61. The quantitative estimate of drug-likeness (QED) is 0.793. The molecule has 4 nitrogen and oxygen atoms in total. The van der Waals surface area contributed by atoms with Crippen LogP contribution in [0.4, 0.5) is 0 Å². The molecule has 1 spiro atoms. The minimum absolute atomic E-state index is 0. The van der Waals surface area contributed by atoms with Gasteiger partial charge in [0.1, 0.15) is 0 Å². The molecule has 0 amide bonds. The number of carbonyl (C=O) groups is 1. The summed E-state index contributed by atoms with van der Waals surface area (Å²) in [5, 5.41) is 7.63. The number of halogens is 1. The lowest BCUT2D eigenvalue weighted by atomic mass is 9.71. The van der Waals surface area contributed by atoms with Gasteiger partial charge in [-0.2, -0.15) is 5.10 Å². The largest absolute Gasteiger partial charge is 0.317 e. The Morgan fingerprint density at radius 3 is 2.76 bits per heavy atom. The Morgan fingerprint density at radius 1 is 1.35 bits per heavy atom. The summed E-state index contributed by atoms with van der Waals surface area (Å²) in [6.45, 7) is 4.04. The van der Waals surface area contributed by atoms with Crippen molar-refractivity contribution < 1.29 is 4.79 Å². The van der Waals surface area contributed by atoms with Crippen molar-refractivity contribution in [1.82, 2.24) is 15.1 Å². The first-order chi connectivity index (χ1) is 7.69. The normalized spacial score (nSPS) is 22.1. The summed E-state index contributed by atoms with van der Waals surface area (Å²) >= 11 is 0. The van der Waals surface area contributed by atoms with Gasteiger partial charge in [0.05, 0.1) is 5.69 Å². The molecular formula is C12H18BrN3O. The molecule has 0 saturated carbocycles. The minimum atomic E-state index is 0. The fraction of sp³-hybridized carbons (Fsp3) is 0.667. The molecule has 3 rings (SSSR count). The van der Waals surface area contributed by atoms with Gasteiger partial charge in [-0.1, -0.05) is 0 Å². The number of piperidine rings is 1. The van der Waals surface area contributed by atoms with Crippen LogP contribution >= 0.6 is 17.0 Å². The Hall–Kier alpha value is -0.680. The molecule has 1 saturated heterocycles. The highest BCUT2D eigenvalue weighted by atomic mass is 79.9. The Labute approximate surface area is 112 Å². The van der Waals surface area contributed by atoms with Crippen molar-refractivity contribution >= 4 is 22.9 Å². The van der Waals surface area contributed by atoms with Gasteiger partial charge in [0.15, 0.2) is 0 Å². The van der Waals surface area contributed by atoms with E-state index in [4.69, 9.17) is 0 Å². The van der Waals surface area contributed by atoms with Crippen LogP contribution in [0.1, 0.15) is 35.4 Å². The van der Waals surface area contributed by atoms with E-state index in [0.29, 0.717) is 6.42 Å². The Bertz CT molecular complexity index is 435. The molecule has 0 atom stereocenters. The van der Waals surface area contributed by atoms with Gasteiger partial charge >= 0.3 is 0 Å². The van der Waals surface area contributed by atoms with E-state index in [2.05, 4.69) is 16.5 Å². The van der Waals surface area contributed by atoms with E-state index in [1.54, 1.807) is 4.68 Å². The Balaban J connectivity index is 0.00000108. The van der Waals surface area contributed by atoms with Crippen molar-refractivity contribution in [3.8, 4) is 0 Å². The van der Waals surface area contributed by atoms with E-state index in [1.165, 1.54) is 0 Å².